The third kappa shape index (κ3) is 3.38. The molecule has 0 fully saturated rings. The SMILES string of the molecule is Cc1cccc(CC(CN)c2cc(F)ccc2F)c1. The lowest BCUT2D eigenvalue weighted by Crippen LogP contribution is -2.16. The minimum atomic E-state index is -0.431. The molecule has 1 nitrogen and oxygen atoms in total. The Morgan fingerprint density at radius 3 is 2.58 bits per heavy atom. The molecule has 0 saturated heterocycles. The quantitative estimate of drug-likeness (QED) is 0.894. The summed E-state index contributed by atoms with van der Waals surface area (Å²) in [7, 11) is 0. The minimum Gasteiger partial charge on any atom is -0.330 e. The van der Waals surface area contributed by atoms with Gasteiger partial charge in [0.15, 0.2) is 0 Å². The Hall–Kier alpha value is -1.74. The molecule has 3 heteroatoms. The third-order valence-electron chi connectivity index (χ3n) is 3.25. The van der Waals surface area contributed by atoms with Crippen LogP contribution >= 0.6 is 0 Å². The molecule has 19 heavy (non-hydrogen) atoms. The highest BCUT2D eigenvalue weighted by atomic mass is 19.1. The fraction of sp³-hybridized carbons (Fsp3) is 0.250. The Balaban J connectivity index is 2.27. The predicted octanol–water partition coefficient (Wildman–Crippen LogP) is 3.56. The Bertz CT molecular complexity index is 566. The van der Waals surface area contributed by atoms with Gasteiger partial charge >= 0.3 is 0 Å². The van der Waals surface area contributed by atoms with Gasteiger partial charge in [-0.1, -0.05) is 29.8 Å². The van der Waals surface area contributed by atoms with Crippen molar-refractivity contribution >= 4 is 0 Å². The van der Waals surface area contributed by atoms with Gasteiger partial charge in [-0.3, -0.25) is 0 Å². The van der Waals surface area contributed by atoms with Crippen LogP contribution in [-0.4, -0.2) is 6.54 Å². The monoisotopic (exact) mass is 261 g/mol. The Labute approximate surface area is 112 Å². The van der Waals surface area contributed by atoms with Gasteiger partial charge in [0.05, 0.1) is 0 Å². The number of benzene rings is 2. The molecule has 0 radical (unpaired) electrons. The fourth-order valence-corrected chi connectivity index (χ4v) is 2.27. The van der Waals surface area contributed by atoms with Crippen molar-refractivity contribution in [2.75, 3.05) is 6.54 Å². The van der Waals surface area contributed by atoms with Crippen LogP contribution < -0.4 is 5.73 Å². The highest BCUT2D eigenvalue weighted by Crippen LogP contribution is 2.24. The van der Waals surface area contributed by atoms with Crippen LogP contribution in [0.1, 0.15) is 22.6 Å². The summed E-state index contributed by atoms with van der Waals surface area (Å²) < 4.78 is 27.0. The van der Waals surface area contributed by atoms with E-state index in [4.69, 9.17) is 5.73 Å². The van der Waals surface area contributed by atoms with Gasteiger partial charge in [-0.2, -0.15) is 0 Å². The van der Waals surface area contributed by atoms with Crippen molar-refractivity contribution in [2.45, 2.75) is 19.3 Å². The molecule has 0 heterocycles. The molecule has 0 aliphatic rings. The molecule has 0 amide bonds. The minimum absolute atomic E-state index is 0.211. The van der Waals surface area contributed by atoms with Crippen LogP contribution in [-0.2, 0) is 6.42 Å². The van der Waals surface area contributed by atoms with Gasteiger partial charge in [-0.25, -0.2) is 8.78 Å². The number of nitrogens with two attached hydrogens (primary N) is 1. The summed E-state index contributed by atoms with van der Waals surface area (Å²) in [6, 6.07) is 11.5. The molecule has 1 atom stereocenters. The first-order valence-corrected chi connectivity index (χ1v) is 6.30. The first kappa shape index (κ1) is 13.7. The molecule has 1 unspecified atom stereocenters. The van der Waals surface area contributed by atoms with Crippen LogP contribution in [0, 0.1) is 18.6 Å². The normalized spacial score (nSPS) is 12.4. The van der Waals surface area contributed by atoms with Gasteiger partial charge in [-0.15, -0.1) is 0 Å². The van der Waals surface area contributed by atoms with Crippen molar-refractivity contribution in [2.24, 2.45) is 5.73 Å². The van der Waals surface area contributed by atoms with E-state index >= 15 is 0 Å². The summed E-state index contributed by atoms with van der Waals surface area (Å²) in [6.45, 7) is 2.29. The maximum atomic E-state index is 13.8. The van der Waals surface area contributed by atoms with E-state index in [9.17, 15) is 8.78 Å². The van der Waals surface area contributed by atoms with Crippen LogP contribution in [0.4, 0.5) is 8.78 Å². The summed E-state index contributed by atoms with van der Waals surface area (Å²) >= 11 is 0. The van der Waals surface area contributed by atoms with Crippen molar-refractivity contribution in [1.82, 2.24) is 0 Å². The molecule has 2 N–H and O–H groups in total. The molecule has 100 valence electrons. The van der Waals surface area contributed by atoms with Gasteiger partial charge in [0.1, 0.15) is 11.6 Å². The summed E-state index contributed by atoms with van der Waals surface area (Å²) in [5.74, 6) is -1.04. The second-order valence-electron chi connectivity index (χ2n) is 4.79. The van der Waals surface area contributed by atoms with Gasteiger partial charge in [-0.05, 0) is 49.2 Å². The number of hydrogen-bond acceptors (Lipinski definition) is 1. The van der Waals surface area contributed by atoms with Gasteiger partial charge in [0, 0.05) is 5.92 Å². The van der Waals surface area contributed by atoms with Crippen molar-refractivity contribution < 1.29 is 8.78 Å². The van der Waals surface area contributed by atoms with Crippen molar-refractivity contribution in [3.8, 4) is 0 Å². The number of halogens is 2. The predicted molar refractivity (Wildman–Crippen MR) is 73.0 cm³/mol. The fourth-order valence-electron chi connectivity index (χ4n) is 2.27. The molecule has 0 aliphatic carbocycles. The van der Waals surface area contributed by atoms with E-state index in [-0.39, 0.29) is 12.5 Å². The largest absolute Gasteiger partial charge is 0.330 e. The molecule has 0 bridgehead atoms. The van der Waals surface area contributed by atoms with E-state index in [0.29, 0.717) is 12.0 Å². The van der Waals surface area contributed by atoms with Crippen LogP contribution in [0.15, 0.2) is 42.5 Å². The Kier molecular flexibility index (Phi) is 4.27. The molecule has 2 rings (SSSR count). The molecular formula is C16H17F2N. The highest BCUT2D eigenvalue weighted by molar-refractivity contribution is 5.28. The number of aryl methyl sites for hydroxylation is 1. The van der Waals surface area contributed by atoms with E-state index in [1.807, 2.05) is 31.2 Å². The lowest BCUT2D eigenvalue weighted by molar-refractivity contribution is 0.557. The zero-order chi connectivity index (χ0) is 13.8. The maximum Gasteiger partial charge on any atom is 0.126 e. The standard InChI is InChI=1S/C16H17F2N/c1-11-3-2-4-12(7-11)8-13(10-19)15-9-14(17)5-6-16(15)18/h2-7,9,13H,8,10,19H2,1H3. The molecule has 0 aliphatic heterocycles. The van der Waals surface area contributed by atoms with Gasteiger partial charge in [0.25, 0.3) is 0 Å². The van der Waals surface area contributed by atoms with Crippen molar-refractivity contribution in [3.63, 3.8) is 0 Å². The molecule has 2 aromatic rings. The average Bonchev–Trinajstić information content (AvgIpc) is 2.39. The van der Waals surface area contributed by atoms with Gasteiger partial charge in [0.2, 0.25) is 0 Å². The van der Waals surface area contributed by atoms with Crippen molar-refractivity contribution in [1.29, 1.82) is 0 Å². The molecule has 2 aromatic carbocycles. The molecular weight excluding hydrogens is 244 g/mol. The van der Waals surface area contributed by atoms with Gasteiger partial charge < -0.3 is 5.73 Å². The second-order valence-corrected chi connectivity index (χ2v) is 4.79. The number of rotatable bonds is 4. The first-order chi connectivity index (χ1) is 9.10. The lowest BCUT2D eigenvalue weighted by atomic mass is 9.91. The summed E-state index contributed by atoms with van der Waals surface area (Å²) in [5, 5.41) is 0. The van der Waals surface area contributed by atoms with E-state index in [1.165, 1.54) is 6.07 Å². The van der Waals surface area contributed by atoms with E-state index in [1.54, 1.807) is 0 Å². The van der Waals surface area contributed by atoms with Crippen LogP contribution in [0.3, 0.4) is 0 Å². The topological polar surface area (TPSA) is 26.0 Å². The zero-order valence-corrected chi connectivity index (χ0v) is 10.9. The van der Waals surface area contributed by atoms with E-state index in [0.717, 1.165) is 23.3 Å². The Morgan fingerprint density at radius 1 is 1.11 bits per heavy atom. The first-order valence-electron chi connectivity index (χ1n) is 6.30. The Morgan fingerprint density at radius 2 is 1.89 bits per heavy atom. The third-order valence-corrected chi connectivity index (χ3v) is 3.25. The summed E-state index contributed by atoms with van der Waals surface area (Å²) in [5.41, 5.74) is 8.30. The smallest absolute Gasteiger partial charge is 0.126 e. The zero-order valence-electron chi connectivity index (χ0n) is 10.9. The number of hydrogen-bond donors (Lipinski definition) is 1. The highest BCUT2D eigenvalue weighted by Gasteiger charge is 2.16. The van der Waals surface area contributed by atoms with E-state index < -0.39 is 11.6 Å². The lowest BCUT2D eigenvalue weighted by Gasteiger charge is -2.16. The summed E-state index contributed by atoms with van der Waals surface area (Å²) in [6.07, 6.45) is 0.610. The molecule has 0 spiro atoms. The average molecular weight is 261 g/mol. The molecule has 0 saturated carbocycles. The summed E-state index contributed by atoms with van der Waals surface area (Å²) in [4.78, 5) is 0. The van der Waals surface area contributed by atoms with Crippen molar-refractivity contribution in [3.05, 3.63) is 70.8 Å². The van der Waals surface area contributed by atoms with Crippen LogP contribution in [0.25, 0.3) is 0 Å². The van der Waals surface area contributed by atoms with Crippen LogP contribution in [0.5, 0.6) is 0 Å². The second kappa shape index (κ2) is 5.93. The molecule has 0 aromatic heterocycles. The van der Waals surface area contributed by atoms with E-state index in [2.05, 4.69) is 0 Å². The maximum absolute atomic E-state index is 13.8. The van der Waals surface area contributed by atoms with Crippen LogP contribution in [0.2, 0.25) is 0 Å².